The predicted octanol–water partition coefficient (Wildman–Crippen LogP) is 1.78. The molecule has 0 atom stereocenters. The van der Waals surface area contributed by atoms with E-state index in [-0.39, 0.29) is 11.4 Å². The molecule has 6 heteroatoms. The lowest BCUT2D eigenvalue weighted by atomic mass is 10.2. The van der Waals surface area contributed by atoms with Crippen LogP contribution in [0.5, 0.6) is 5.75 Å². The second-order valence-corrected chi connectivity index (χ2v) is 2.03. The summed E-state index contributed by atoms with van der Waals surface area (Å²) in [6.07, 6.45) is 0. The molecule has 1 N–H and O–H groups in total. The van der Waals surface area contributed by atoms with Gasteiger partial charge in [-0.1, -0.05) is 0 Å². The van der Waals surface area contributed by atoms with Crippen LogP contribution in [0.2, 0.25) is 0 Å². The number of nitro groups is 1. The summed E-state index contributed by atoms with van der Waals surface area (Å²) >= 11 is 0. The van der Waals surface area contributed by atoms with Crippen LogP contribution in [0.15, 0.2) is 18.2 Å². The lowest BCUT2D eigenvalue weighted by Crippen LogP contribution is -1.86. The van der Waals surface area contributed by atoms with Gasteiger partial charge in [0.25, 0.3) is 0 Å². The average Bonchev–Trinajstić information content (AvgIpc) is 2.04. The minimum Gasteiger partial charge on any atom is -0.508 e. The fourth-order valence-corrected chi connectivity index (χ4v) is 0.743. The van der Waals surface area contributed by atoms with Crippen LogP contribution in [0, 0.1) is 15.5 Å². The molecule has 0 amide bonds. The molecule has 6 nitrogen and oxygen atoms in total. The quantitative estimate of drug-likeness (QED) is 0.391. The Bertz CT molecular complexity index is 369. The number of nitro benzene ring substituents is 1. The zero-order valence-electron chi connectivity index (χ0n) is 5.84. The van der Waals surface area contributed by atoms with E-state index in [1.165, 1.54) is 6.07 Å². The lowest BCUT2D eigenvalue weighted by molar-refractivity contribution is -0.383. The van der Waals surface area contributed by atoms with Gasteiger partial charge in [0.2, 0.25) is 5.39 Å². The number of phenols is 1. The standard InChI is InChI=1S/C6H3N3O3/c7-8-5-2-1-4(10)3-6(5)9(11)12/h1-3H/p+1. The van der Waals surface area contributed by atoms with E-state index in [2.05, 4.69) is 4.98 Å². The maximum Gasteiger partial charge on any atom is 0.461 e. The van der Waals surface area contributed by atoms with Gasteiger partial charge in [0.15, 0.2) is 4.98 Å². The maximum absolute atomic E-state index is 10.3. The van der Waals surface area contributed by atoms with Crippen molar-refractivity contribution in [3.05, 3.63) is 33.3 Å². The molecule has 0 heterocycles. The maximum atomic E-state index is 10.3. The van der Waals surface area contributed by atoms with Gasteiger partial charge in [-0.15, -0.1) is 0 Å². The van der Waals surface area contributed by atoms with Crippen molar-refractivity contribution >= 4 is 11.4 Å². The van der Waals surface area contributed by atoms with E-state index in [4.69, 9.17) is 10.5 Å². The Balaban J connectivity index is 3.34. The topological polar surface area (TPSA) is 91.5 Å². The number of benzene rings is 1. The number of hydrogen-bond acceptors (Lipinski definition) is 4. The fraction of sp³-hybridized carbons (Fsp3) is 0. The molecule has 12 heavy (non-hydrogen) atoms. The SMILES string of the molecule is N#[N+]c1ccc(O)cc1[N+](=O)[O-]. The molecule has 1 rings (SSSR count). The summed E-state index contributed by atoms with van der Waals surface area (Å²) in [6.45, 7) is 0. The molecular formula is C6H4N3O3+. The predicted molar refractivity (Wildman–Crippen MR) is 39.5 cm³/mol. The number of diazo groups is 1. The highest BCUT2D eigenvalue weighted by atomic mass is 16.6. The number of phenolic OH excluding ortho intramolecular Hbond substituents is 1. The van der Waals surface area contributed by atoms with Gasteiger partial charge in [0, 0.05) is 6.07 Å². The van der Waals surface area contributed by atoms with Crippen molar-refractivity contribution in [1.82, 2.24) is 0 Å². The van der Waals surface area contributed by atoms with Crippen LogP contribution in [0.4, 0.5) is 11.4 Å². The minimum atomic E-state index is -0.741. The first-order valence-electron chi connectivity index (χ1n) is 2.97. The summed E-state index contributed by atoms with van der Waals surface area (Å²) in [7, 11) is 0. The van der Waals surface area contributed by atoms with Gasteiger partial charge >= 0.3 is 11.4 Å². The Morgan fingerprint density at radius 3 is 2.75 bits per heavy atom. The summed E-state index contributed by atoms with van der Waals surface area (Å²) in [5.74, 6) is -0.242. The largest absolute Gasteiger partial charge is 0.508 e. The molecule has 0 saturated carbocycles. The third-order valence-corrected chi connectivity index (χ3v) is 1.26. The van der Waals surface area contributed by atoms with E-state index in [0.717, 1.165) is 12.1 Å². The molecule has 0 bridgehead atoms. The third-order valence-electron chi connectivity index (χ3n) is 1.26. The van der Waals surface area contributed by atoms with Gasteiger partial charge in [0.1, 0.15) is 5.75 Å². The van der Waals surface area contributed by atoms with Crippen molar-refractivity contribution in [2.75, 3.05) is 0 Å². The first kappa shape index (κ1) is 7.94. The average molecular weight is 166 g/mol. The number of aromatic hydroxyl groups is 1. The van der Waals surface area contributed by atoms with E-state index >= 15 is 0 Å². The van der Waals surface area contributed by atoms with Crippen LogP contribution in [-0.4, -0.2) is 10.0 Å². The monoisotopic (exact) mass is 166 g/mol. The van der Waals surface area contributed by atoms with Gasteiger partial charge < -0.3 is 5.11 Å². The molecule has 0 aliphatic rings. The third kappa shape index (κ3) is 1.29. The Kier molecular flexibility index (Phi) is 1.88. The highest BCUT2D eigenvalue weighted by Gasteiger charge is 2.24. The second kappa shape index (κ2) is 2.84. The summed E-state index contributed by atoms with van der Waals surface area (Å²) in [4.78, 5) is 12.2. The highest BCUT2D eigenvalue weighted by molar-refractivity contribution is 5.63. The van der Waals surface area contributed by atoms with Crippen LogP contribution in [0.1, 0.15) is 0 Å². The van der Waals surface area contributed by atoms with Crippen molar-refractivity contribution < 1.29 is 10.0 Å². The molecule has 1 aromatic carbocycles. The van der Waals surface area contributed by atoms with Crippen LogP contribution < -0.4 is 0 Å². The fourth-order valence-electron chi connectivity index (χ4n) is 0.743. The molecule has 60 valence electrons. The summed E-state index contributed by atoms with van der Waals surface area (Å²) in [5, 5.41) is 27.4. The van der Waals surface area contributed by atoms with Crippen molar-refractivity contribution in [1.29, 1.82) is 5.39 Å². The molecule has 0 aliphatic heterocycles. The van der Waals surface area contributed by atoms with Crippen molar-refractivity contribution in [2.24, 2.45) is 0 Å². The Labute approximate surface area is 66.8 Å². The van der Waals surface area contributed by atoms with Crippen molar-refractivity contribution in [3.63, 3.8) is 0 Å². The number of nitrogens with zero attached hydrogens (tertiary/aromatic N) is 3. The van der Waals surface area contributed by atoms with E-state index in [0.29, 0.717) is 0 Å². The van der Waals surface area contributed by atoms with Crippen molar-refractivity contribution in [3.8, 4) is 5.75 Å². The van der Waals surface area contributed by atoms with Gasteiger partial charge in [-0.05, 0) is 6.07 Å². The van der Waals surface area contributed by atoms with E-state index in [9.17, 15) is 10.1 Å². The smallest absolute Gasteiger partial charge is 0.461 e. The summed E-state index contributed by atoms with van der Waals surface area (Å²) < 4.78 is 0. The van der Waals surface area contributed by atoms with E-state index < -0.39 is 10.6 Å². The normalized spacial score (nSPS) is 8.92. The first-order chi connectivity index (χ1) is 5.65. The molecule has 0 aromatic heterocycles. The first-order valence-corrected chi connectivity index (χ1v) is 2.97. The summed E-state index contributed by atoms with van der Waals surface area (Å²) in [6, 6.07) is 3.25. The lowest BCUT2D eigenvalue weighted by Gasteiger charge is -1.88. The molecule has 1 aromatic rings. The van der Waals surface area contributed by atoms with Gasteiger partial charge in [-0.2, -0.15) is 0 Å². The molecule has 0 spiro atoms. The van der Waals surface area contributed by atoms with Crippen LogP contribution in [0.25, 0.3) is 4.98 Å². The Morgan fingerprint density at radius 1 is 1.58 bits per heavy atom. The van der Waals surface area contributed by atoms with Gasteiger partial charge in [-0.3, -0.25) is 10.1 Å². The molecule has 0 unspecified atom stereocenters. The van der Waals surface area contributed by atoms with E-state index in [1.54, 1.807) is 0 Å². The Morgan fingerprint density at radius 2 is 2.25 bits per heavy atom. The van der Waals surface area contributed by atoms with Crippen LogP contribution in [-0.2, 0) is 0 Å². The second-order valence-electron chi connectivity index (χ2n) is 2.03. The molecular weight excluding hydrogens is 162 g/mol. The zero-order chi connectivity index (χ0) is 9.14. The molecule has 0 saturated heterocycles. The van der Waals surface area contributed by atoms with Gasteiger partial charge in [0.05, 0.1) is 11.0 Å². The zero-order valence-corrected chi connectivity index (χ0v) is 5.84. The van der Waals surface area contributed by atoms with E-state index in [1.807, 2.05) is 0 Å². The highest BCUT2D eigenvalue weighted by Crippen LogP contribution is 2.30. The minimum absolute atomic E-state index is 0.183. The number of rotatable bonds is 1. The summed E-state index contributed by atoms with van der Waals surface area (Å²) in [5.41, 5.74) is -0.615. The van der Waals surface area contributed by atoms with Crippen LogP contribution in [0.3, 0.4) is 0 Å². The molecule has 0 fully saturated rings. The van der Waals surface area contributed by atoms with Gasteiger partial charge in [-0.25, -0.2) is 0 Å². The molecule has 0 radical (unpaired) electrons. The number of hydrogen-bond donors (Lipinski definition) is 1. The Hall–Kier alpha value is -2.16. The molecule has 0 aliphatic carbocycles. The van der Waals surface area contributed by atoms with Crippen LogP contribution >= 0.6 is 0 Å². The van der Waals surface area contributed by atoms with Crippen molar-refractivity contribution in [2.45, 2.75) is 0 Å².